The molecule has 1 N–H and O–H groups in total. The predicted octanol–water partition coefficient (Wildman–Crippen LogP) is 4.69. The summed E-state index contributed by atoms with van der Waals surface area (Å²) in [6, 6.07) is 27.3. The van der Waals surface area contributed by atoms with Crippen LogP contribution in [0.1, 0.15) is 22.3 Å². The van der Waals surface area contributed by atoms with Gasteiger partial charge in [-0.25, -0.2) is 0 Å². The molecule has 0 aromatic heterocycles. The molecule has 3 rings (SSSR count). The number of thioether (sulfide) groups is 1. The van der Waals surface area contributed by atoms with E-state index in [2.05, 4.69) is 11.4 Å². The Morgan fingerprint density at radius 1 is 0.931 bits per heavy atom. The number of nitrogens with zero attached hydrogens (tertiary/aromatic N) is 1. The van der Waals surface area contributed by atoms with Gasteiger partial charge in [0.05, 0.1) is 17.4 Å². The molecule has 0 aliphatic rings. The number of carbonyl (C=O) groups excluding carboxylic acids is 1. The van der Waals surface area contributed by atoms with E-state index in [0.29, 0.717) is 24.5 Å². The zero-order chi connectivity index (χ0) is 20.3. The zero-order valence-electron chi connectivity index (χ0n) is 16.0. The summed E-state index contributed by atoms with van der Waals surface area (Å²) in [4.78, 5) is 12.1. The van der Waals surface area contributed by atoms with Gasteiger partial charge in [-0.15, -0.1) is 11.8 Å². The zero-order valence-corrected chi connectivity index (χ0v) is 16.8. The van der Waals surface area contributed by atoms with E-state index in [1.165, 1.54) is 0 Å². The second-order valence-corrected chi connectivity index (χ2v) is 7.49. The molecule has 0 spiro atoms. The highest BCUT2D eigenvalue weighted by Gasteiger charge is 2.04. The molecule has 0 aliphatic carbocycles. The summed E-state index contributed by atoms with van der Waals surface area (Å²) in [6.45, 7) is 0.988. The van der Waals surface area contributed by atoms with E-state index in [4.69, 9.17) is 10.00 Å². The monoisotopic (exact) mass is 402 g/mol. The largest absolute Gasteiger partial charge is 0.489 e. The van der Waals surface area contributed by atoms with Gasteiger partial charge >= 0.3 is 0 Å². The Morgan fingerprint density at radius 3 is 2.45 bits per heavy atom. The van der Waals surface area contributed by atoms with Crippen LogP contribution < -0.4 is 10.1 Å². The van der Waals surface area contributed by atoms with Gasteiger partial charge in [0.25, 0.3) is 0 Å². The maximum atomic E-state index is 12.1. The molecule has 0 fully saturated rings. The lowest BCUT2D eigenvalue weighted by molar-refractivity contribution is -0.118. The van der Waals surface area contributed by atoms with Gasteiger partial charge in [0, 0.05) is 12.3 Å². The van der Waals surface area contributed by atoms with Gasteiger partial charge in [-0.1, -0.05) is 54.6 Å². The molecule has 3 aromatic carbocycles. The molecule has 0 saturated carbocycles. The van der Waals surface area contributed by atoms with Crippen LogP contribution in [0.25, 0.3) is 0 Å². The average molecular weight is 403 g/mol. The van der Waals surface area contributed by atoms with E-state index in [9.17, 15) is 4.79 Å². The fraction of sp³-hybridized carbons (Fsp3) is 0.167. The Balaban J connectivity index is 1.39. The maximum Gasteiger partial charge on any atom is 0.230 e. The second kappa shape index (κ2) is 10.9. The van der Waals surface area contributed by atoms with E-state index in [0.717, 1.165) is 28.2 Å². The summed E-state index contributed by atoms with van der Waals surface area (Å²) in [5.74, 6) is 1.92. The van der Waals surface area contributed by atoms with Crippen molar-refractivity contribution in [2.45, 2.75) is 18.9 Å². The molecule has 29 heavy (non-hydrogen) atoms. The highest BCUT2D eigenvalue weighted by Crippen LogP contribution is 2.16. The molecule has 4 nitrogen and oxygen atoms in total. The van der Waals surface area contributed by atoms with Gasteiger partial charge < -0.3 is 10.1 Å². The van der Waals surface area contributed by atoms with Gasteiger partial charge in [-0.05, 0) is 41.0 Å². The highest BCUT2D eigenvalue weighted by atomic mass is 32.2. The number of hydrogen-bond donors (Lipinski definition) is 1. The first-order valence-electron chi connectivity index (χ1n) is 9.32. The molecule has 5 heteroatoms. The summed E-state index contributed by atoms with van der Waals surface area (Å²) in [5.41, 5.74) is 3.86. The third kappa shape index (κ3) is 7.02. The van der Waals surface area contributed by atoms with Crippen LogP contribution in [0.3, 0.4) is 0 Å². The molecule has 0 aliphatic heterocycles. The molecule has 0 bridgehead atoms. The van der Waals surface area contributed by atoms with Crippen molar-refractivity contribution < 1.29 is 9.53 Å². The molecule has 3 aromatic rings. The van der Waals surface area contributed by atoms with E-state index in [-0.39, 0.29) is 5.91 Å². The Bertz CT molecular complexity index is 966. The number of nitriles is 1. The van der Waals surface area contributed by atoms with Crippen molar-refractivity contribution in [1.29, 1.82) is 5.26 Å². The maximum absolute atomic E-state index is 12.1. The second-order valence-electron chi connectivity index (χ2n) is 6.50. The average Bonchev–Trinajstić information content (AvgIpc) is 2.78. The first-order chi connectivity index (χ1) is 14.2. The van der Waals surface area contributed by atoms with Crippen LogP contribution in [0, 0.1) is 11.3 Å². The molecule has 0 radical (unpaired) electrons. The van der Waals surface area contributed by atoms with Crippen LogP contribution in [-0.4, -0.2) is 11.7 Å². The van der Waals surface area contributed by atoms with Crippen LogP contribution in [0.4, 0.5) is 0 Å². The van der Waals surface area contributed by atoms with Crippen molar-refractivity contribution >= 4 is 17.7 Å². The quantitative estimate of drug-likeness (QED) is 0.564. The minimum Gasteiger partial charge on any atom is -0.489 e. The van der Waals surface area contributed by atoms with Crippen LogP contribution in [0.2, 0.25) is 0 Å². The summed E-state index contributed by atoms with van der Waals surface area (Å²) >= 11 is 1.55. The Kier molecular flexibility index (Phi) is 7.73. The molecular formula is C24H22N2O2S. The molecule has 1 amide bonds. The van der Waals surface area contributed by atoms with Gasteiger partial charge in [0.1, 0.15) is 12.4 Å². The molecule has 0 saturated heterocycles. The lowest BCUT2D eigenvalue weighted by Gasteiger charge is -2.09. The summed E-state index contributed by atoms with van der Waals surface area (Å²) in [7, 11) is 0. The Morgan fingerprint density at radius 2 is 1.69 bits per heavy atom. The first kappa shape index (κ1) is 20.5. The van der Waals surface area contributed by atoms with Gasteiger partial charge in [-0.3, -0.25) is 4.79 Å². The van der Waals surface area contributed by atoms with Gasteiger partial charge in [-0.2, -0.15) is 5.26 Å². The number of nitrogens with one attached hydrogen (secondary N) is 1. The first-order valence-corrected chi connectivity index (χ1v) is 10.5. The molecule has 146 valence electrons. The van der Waals surface area contributed by atoms with Crippen molar-refractivity contribution in [3.63, 3.8) is 0 Å². The van der Waals surface area contributed by atoms with E-state index in [1.807, 2.05) is 66.7 Å². The van der Waals surface area contributed by atoms with E-state index in [1.54, 1.807) is 23.9 Å². The van der Waals surface area contributed by atoms with Crippen LogP contribution in [-0.2, 0) is 23.7 Å². The third-order valence-corrected chi connectivity index (χ3v) is 5.23. The van der Waals surface area contributed by atoms with Gasteiger partial charge in [0.15, 0.2) is 0 Å². The van der Waals surface area contributed by atoms with Crippen LogP contribution in [0.5, 0.6) is 5.75 Å². The van der Waals surface area contributed by atoms with E-state index >= 15 is 0 Å². The van der Waals surface area contributed by atoms with Crippen LogP contribution in [0.15, 0.2) is 78.9 Å². The number of ether oxygens (including phenoxy) is 1. The minimum absolute atomic E-state index is 0.000693. The van der Waals surface area contributed by atoms with Crippen molar-refractivity contribution in [2.75, 3.05) is 5.75 Å². The Labute approximate surface area is 175 Å². The fourth-order valence-electron chi connectivity index (χ4n) is 2.67. The number of benzene rings is 3. The van der Waals surface area contributed by atoms with Crippen molar-refractivity contribution in [2.24, 2.45) is 0 Å². The normalized spacial score (nSPS) is 10.2. The number of rotatable bonds is 9. The third-order valence-electron chi connectivity index (χ3n) is 4.22. The predicted molar refractivity (Wildman–Crippen MR) is 116 cm³/mol. The number of hydrogen-bond acceptors (Lipinski definition) is 4. The number of carbonyl (C=O) groups is 1. The molecule has 0 unspecified atom stereocenters. The minimum atomic E-state index is -0.000693. The molecule has 0 atom stereocenters. The Hall–Kier alpha value is -3.23. The lowest BCUT2D eigenvalue weighted by atomic mass is 10.2. The summed E-state index contributed by atoms with van der Waals surface area (Å²) in [5, 5.41) is 11.8. The number of amides is 1. The molecular weight excluding hydrogens is 380 g/mol. The molecule has 0 heterocycles. The summed E-state index contributed by atoms with van der Waals surface area (Å²) in [6.07, 6.45) is 0. The van der Waals surface area contributed by atoms with Crippen LogP contribution >= 0.6 is 11.8 Å². The lowest BCUT2D eigenvalue weighted by Crippen LogP contribution is -2.24. The standard InChI is InChI=1S/C24H22N2O2S/c25-14-19-9-11-21(12-10-19)17-29-18-24(27)26-15-22-7-4-8-23(13-22)28-16-20-5-2-1-3-6-20/h1-13H,15-18H2,(H,26,27). The SMILES string of the molecule is N#Cc1ccc(CSCC(=O)NCc2cccc(OCc3ccccc3)c2)cc1. The van der Waals surface area contributed by atoms with Gasteiger partial charge in [0.2, 0.25) is 5.91 Å². The fourth-order valence-corrected chi connectivity index (χ4v) is 3.49. The smallest absolute Gasteiger partial charge is 0.230 e. The highest BCUT2D eigenvalue weighted by molar-refractivity contribution is 7.99. The van der Waals surface area contributed by atoms with Crippen molar-refractivity contribution in [3.8, 4) is 11.8 Å². The topological polar surface area (TPSA) is 62.1 Å². The van der Waals surface area contributed by atoms with Crippen molar-refractivity contribution in [3.05, 3.63) is 101 Å². The summed E-state index contributed by atoms with van der Waals surface area (Å²) < 4.78 is 5.83. The van der Waals surface area contributed by atoms with Crippen molar-refractivity contribution in [1.82, 2.24) is 5.32 Å². The van der Waals surface area contributed by atoms with E-state index < -0.39 is 0 Å².